The maximum Gasteiger partial charge on any atom is 0.197 e. The lowest BCUT2D eigenvalue weighted by Gasteiger charge is -2.30. The van der Waals surface area contributed by atoms with E-state index in [0.29, 0.717) is 13.0 Å². The highest BCUT2D eigenvalue weighted by Gasteiger charge is 2.62. The first-order valence-electron chi connectivity index (χ1n) is 3.77. The van der Waals surface area contributed by atoms with Crippen LogP contribution >= 0.6 is 0 Å². The molecule has 4 heteroatoms. The van der Waals surface area contributed by atoms with Crippen LogP contribution in [0.4, 0.5) is 0 Å². The van der Waals surface area contributed by atoms with Gasteiger partial charge >= 0.3 is 0 Å². The average molecular weight is 160 g/mol. The molecule has 0 radical (unpaired) electrons. The summed E-state index contributed by atoms with van der Waals surface area (Å²) in [6.07, 6.45) is -0.361. The summed E-state index contributed by atoms with van der Waals surface area (Å²) in [5.74, 6) is -0.980. The van der Waals surface area contributed by atoms with Crippen molar-refractivity contribution in [2.24, 2.45) is 0 Å². The molecule has 0 aromatic carbocycles. The van der Waals surface area contributed by atoms with Gasteiger partial charge in [-0.05, 0) is 6.92 Å². The van der Waals surface area contributed by atoms with Crippen molar-refractivity contribution in [2.75, 3.05) is 13.2 Å². The Bertz CT molecular complexity index is 183. The van der Waals surface area contributed by atoms with Gasteiger partial charge in [-0.25, -0.2) is 0 Å². The second kappa shape index (κ2) is 1.95. The van der Waals surface area contributed by atoms with Crippen molar-refractivity contribution >= 4 is 0 Å². The van der Waals surface area contributed by atoms with Crippen molar-refractivity contribution in [3.63, 3.8) is 0 Å². The maximum absolute atomic E-state index is 9.86. The molecule has 0 amide bonds. The molecule has 64 valence electrons. The van der Waals surface area contributed by atoms with Crippen molar-refractivity contribution in [2.45, 2.75) is 30.8 Å². The van der Waals surface area contributed by atoms with E-state index in [4.69, 9.17) is 9.47 Å². The first kappa shape index (κ1) is 7.49. The second-order valence-corrected chi connectivity index (χ2v) is 3.30. The molecule has 2 heterocycles. The molecular formula is C7H12O4. The zero-order valence-corrected chi connectivity index (χ0v) is 6.41. The number of hydrogen-bond donors (Lipinski definition) is 2. The summed E-state index contributed by atoms with van der Waals surface area (Å²) in [4.78, 5) is 0. The summed E-state index contributed by atoms with van der Waals surface area (Å²) in [6, 6.07) is 0. The van der Waals surface area contributed by atoms with Crippen LogP contribution in [0.3, 0.4) is 0 Å². The molecule has 2 aliphatic heterocycles. The van der Waals surface area contributed by atoms with Crippen LogP contribution < -0.4 is 0 Å². The van der Waals surface area contributed by atoms with Crippen LogP contribution in [-0.2, 0) is 9.47 Å². The molecule has 0 aromatic rings. The molecule has 2 rings (SSSR count). The number of hydrogen-bond acceptors (Lipinski definition) is 4. The highest BCUT2D eigenvalue weighted by atomic mass is 16.7. The first-order valence-corrected chi connectivity index (χ1v) is 3.77. The first-order chi connectivity index (χ1) is 5.08. The van der Waals surface area contributed by atoms with E-state index >= 15 is 0 Å². The smallest absolute Gasteiger partial charge is 0.197 e. The van der Waals surface area contributed by atoms with Gasteiger partial charge in [0.25, 0.3) is 0 Å². The highest BCUT2D eigenvalue weighted by Crippen LogP contribution is 2.44. The van der Waals surface area contributed by atoms with Crippen molar-refractivity contribution in [1.82, 2.24) is 0 Å². The Morgan fingerprint density at radius 3 is 2.82 bits per heavy atom. The number of ether oxygens (including phenoxy) is 2. The summed E-state index contributed by atoms with van der Waals surface area (Å²) >= 11 is 0. The van der Waals surface area contributed by atoms with Gasteiger partial charge in [0.15, 0.2) is 5.79 Å². The van der Waals surface area contributed by atoms with E-state index in [2.05, 4.69) is 0 Å². The van der Waals surface area contributed by atoms with Gasteiger partial charge in [0, 0.05) is 6.42 Å². The third kappa shape index (κ3) is 0.727. The van der Waals surface area contributed by atoms with Gasteiger partial charge in [0.1, 0.15) is 11.7 Å². The minimum atomic E-state index is -1.19. The Balaban J connectivity index is 2.33. The lowest BCUT2D eigenvalue weighted by molar-refractivity contribution is -0.229. The summed E-state index contributed by atoms with van der Waals surface area (Å²) < 4.78 is 10.4. The molecule has 11 heavy (non-hydrogen) atoms. The zero-order chi connectivity index (χ0) is 8.11. The predicted molar refractivity (Wildman–Crippen MR) is 35.9 cm³/mol. The summed E-state index contributed by atoms with van der Waals surface area (Å²) in [5, 5.41) is 19.2. The minimum absolute atomic E-state index is 0.160. The standard InChI is InChI=1S/C7H12O4/c1-6-7(9,2-3-10-6)5(8)4-11-6/h5,8-9H,2-4H2,1H3/t5-,6-,7-/m1/s1. The number of aliphatic hydroxyl groups is 2. The Kier molecular flexibility index (Phi) is 1.33. The van der Waals surface area contributed by atoms with Crippen molar-refractivity contribution in [1.29, 1.82) is 0 Å². The molecule has 0 bridgehead atoms. The van der Waals surface area contributed by atoms with Crippen LogP contribution in [-0.4, -0.2) is 40.9 Å². The maximum atomic E-state index is 9.86. The SMILES string of the molecule is C[C@]12OCC[C@@]1(O)[C@H](O)CO2. The largest absolute Gasteiger partial charge is 0.387 e. The molecule has 2 fully saturated rings. The van der Waals surface area contributed by atoms with Crippen molar-refractivity contribution < 1.29 is 19.7 Å². The molecule has 2 saturated heterocycles. The molecular weight excluding hydrogens is 148 g/mol. The average Bonchev–Trinajstić information content (AvgIpc) is 2.34. The van der Waals surface area contributed by atoms with Gasteiger partial charge in [0.05, 0.1) is 13.2 Å². The summed E-state index contributed by atoms with van der Waals surface area (Å²) in [7, 11) is 0. The van der Waals surface area contributed by atoms with Gasteiger partial charge in [-0.15, -0.1) is 0 Å². The predicted octanol–water partition coefficient (Wildman–Crippen LogP) is -0.755. The molecule has 0 unspecified atom stereocenters. The van der Waals surface area contributed by atoms with Crippen molar-refractivity contribution in [3.8, 4) is 0 Å². The number of fused-ring (bicyclic) bond motifs is 1. The fourth-order valence-electron chi connectivity index (χ4n) is 1.77. The third-order valence-corrected chi connectivity index (χ3v) is 2.71. The van der Waals surface area contributed by atoms with Crippen molar-refractivity contribution in [3.05, 3.63) is 0 Å². The van der Waals surface area contributed by atoms with E-state index in [1.807, 2.05) is 0 Å². The Morgan fingerprint density at radius 2 is 2.18 bits per heavy atom. The molecule has 4 nitrogen and oxygen atoms in total. The molecule has 2 aliphatic rings. The van der Waals surface area contributed by atoms with Crippen LogP contribution in [0.5, 0.6) is 0 Å². The molecule has 0 aliphatic carbocycles. The molecule has 2 N–H and O–H groups in total. The Hall–Kier alpha value is -0.160. The number of aliphatic hydroxyl groups excluding tert-OH is 1. The fourth-order valence-corrected chi connectivity index (χ4v) is 1.77. The lowest BCUT2D eigenvalue weighted by Crippen LogP contribution is -2.50. The topological polar surface area (TPSA) is 58.9 Å². The summed E-state index contributed by atoms with van der Waals surface area (Å²) in [5.41, 5.74) is -1.19. The minimum Gasteiger partial charge on any atom is -0.387 e. The zero-order valence-electron chi connectivity index (χ0n) is 6.41. The Labute approximate surface area is 64.7 Å². The van der Waals surface area contributed by atoms with Crippen LogP contribution in [0.15, 0.2) is 0 Å². The quantitative estimate of drug-likeness (QED) is 0.489. The van der Waals surface area contributed by atoms with Crippen LogP contribution in [0.2, 0.25) is 0 Å². The molecule has 3 atom stereocenters. The van der Waals surface area contributed by atoms with E-state index in [0.717, 1.165) is 0 Å². The Morgan fingerprint density at radius 1 is 1.45 bits per heavy atom. The molecule has 0 aromatic heterocycles. The third-order valence-electron chi connectivity index (χ3n) is 2.71. The van der Waals surface area contributed by atoms with Crippen LogP contribution in [0.1, 0.15) is 13.3 Å². The normalized spacial score (nSPS) is 56.5. The fraction of sp³-hybridized carbons (Fsp3) is 1.00. The van der Waals surface area contributed by atoms with E-state index < -0.39 is 17.5 Å². The van der Waals surface area contributed by atoms with E-state index in [1.54, 1.807) is 6.92 Å². The lowest BCUT2D eigenvalue weighted by atomic mass is 9.90. The van der Waals surface area contributed by atoms with Gasteiger partial charge in [-0.1, -0.05) is 0 Å². The van der Waals surface area contributed by atoms with Gasteiger partial charge in [-0.2, -0.15) is 0 Å². The summed E-state index contributed by atoms with van der Waals surface area (Å²) in [6.45, 7) is 2.27. The van der Waals surface area contributed by atoms with E-state index in [9.17, 15) is 10.2 Å². The van der Waals surface area contributed by atoms with Gasteiger partial charge in [-0.3, -0.25) is 0 Å². The molecule has 0 spiro atoms. The molecule has 0 saturated carbocycles. The van der Waals surface area contributed by atoms with Gasteiger partial charge < -0.3 is 19.7 Å². The number of rotatable bonds is 0. The second-order valence-electron chi connectivity index (χ2n) is 3.30. The van der Waals surface area contributed by atoms with E-state index in [1.165, 1.54) is 0 Å². The highest BCUT2D eigenvalue weighted by molar-refractivity contribution is 5.05. The van der Waals surface area contributed by atoms with E-state index in [-0.39, 0.29) is 6.61 Å². The monoisotopic (exact) mass is 160 g/mol. The van der Waals surface area contributed by atoms with Gasteiger partial charge in [0.2, 0.25) is 0 Å². The van der Waals surface area contributed by atoms with Crippen LogP contribution in [0.25, 0.3) is 0 Å². The van der Waals surface area contributed by atoms with Crippen LogP contribution in [0, 0.1) is 0 Å².